The van der Waals surface area contributed by atoms with Crippen LogP contribution in [-0.4, -0.2) is 31.8 Å². The van der Waals surface area contributed by atoms with E-state index in [4.69, 9.17) is 19.2 Å². The van der Waals surface area contributed by atoms with Gasteiger partial charge in [0.05, 0.1) is 14.2 Å². The van der Waals surface area contributed by atoms with E-state index in [0.717, 1.165) is 37.2 Å². The first-order valence-corrected chi connectivity index (χ1v) is 11.7. The molecule has 32 heavy (non-hydrogen) atoms. The van der Waals surface area contributed by atoms with E-state index in [1.807, 2.05) is 30.3 Å². The standard InChI is InChI=1S/C27H33NO4/c1-27-13-12-20-21(9-4-17-14-24(29)25(31-3)15-22(17)20)23(27)10-11-26(27)28-16-32-19-7-5-18(30-2)6-8-19/h5-8,14-15,20-21,23,29H,4,9-13,16H2,1-3H3/b28-26+/t20-,21+,23-,27-/m0/s1. The lowest BCUT2D eigenvalue weighted by Gasteiger charge is -2.49. The summed E-state index contributed by atoms with van der Waals surface area (Å²) >= 11 is 0. The first-order valence-electron chi connectivity index (χ1n) is 11.7. The van der Waals surface area contributed by atoms with Gasteiger partial charge in [-0.2, -0.15) is 0 Å². The van der Waals surface area contributed by atoms with Crippen LogP contribution in [0.5, 0.6) is 23.0 Å². The molecule has 3 aliphatic rings. The minimum Gasteiger partial charge on any atom is -0.504 e. The third-order valence-electron chi connectivity index (χ3n) is 8.31. The van der Waals surface area contributed by atoms with E-state index in [1.165, 1.54) is 29.7 Å². The molecule has 0 aliphatic heterocycles. The van der Waals surface area contributed by atoms with Crippen LogP contribution >= 0.6 is 0 Å². The number of fused-ring (bicyclic) bond motifs is 5. The predicted octanol–water partition coefficient (Wildman–Crippen LogP) is 5.74. The van der Waals surface area contributed by atoms with E-state index in [1.54, 1.807) is 14.2 Å². The Morgan fingerprint density at radius 3 is 2.53 bits per heavy atom. The first kappa shape index (κ1) is 21.2. The molecule has 2 fully saturated rings. The van der Waals surface area contributed by atoms with Crippen LogP contribution < -0.4 is 14.2 Å². The second-order valence-electron chi connectivity index (χ2n) is 9.69. The number of methoxy groups -OCH3 is 2. The number of hydrogen-bond acceptors (Lipinski definition) is 5. The van der Waals surface area contributed by atoms with Crippen molar-refractivity contribution in [2.75, 3.05) is 21.0 Å². The normalized spacial score (nSPS) is 29.7. The van der Waals surface area contributed by atoms with Crippen molar-refractivity contribution in [3.63, 3.8) is 0 Å². The Morgan fingerprint density at radius 1 is 1.00 bits per heavy atom. The smallest absolute Gasteiger partial charge is 0.179 e. The number of nitrogens with zero attached hydrogens (tertiary/aromatic N) is 1. The number of benzene rings is 2. The van der Waals surface area contributed by atoms with Crippen molar-refractivity contribution in [2.24, 2.45) is 22.2 Å². The Hall–Kier alpha value is -2.69. The van der Waals surface area contributed by atoms with Crippen molar-refractivity contribution in [3.05, 3.63) is 47.5 Å². The third-order valence-corrected chi connectivity index (χ3v) is 8.31. The van der Waals surface area contributed by atoms with Gasteiger partial charge in [-0.25, -0.2) is 0 Å². The molecule has 5 rings (SSSR count). The number of phenolic OH excluding ortho intramolecular Hbond substituents is 1. The van der Waals surface area contributed by atoms with Gasteiger partial charge in [0.2, 0.25) is 0 Å². The molecule has 0 aromatic heterocycles. The Morgan fingerprint density at radius 2 is 1.78 bits per heavy atom. The molecule has 5 nitrogen and oxygen atoms in total. The van der Waals surface area contributed by atoms with Crippen LogP contribution in [0.3, 0.4) is 0 Å². The van der Waals surface area contributed by atoms with Crippen molar-refractivity contribution in [2.45, 2.75) is 51.4 Å². The number of aromatic hydroxyl groups is 1. The van der Waals surface area contributed by atoms with Crippen molar-refractivity contribution in [1.29, 1.82) is 0 Å². The summed E-state index contributed by atoms with van der Waals surface area (Å²) < 4.78 is 16.5. The van der Waals surface area contributed by atoms with Crippen molar-refractivity contribution >= 4 is 5.71 Å². The average molecular weight is 436 g/mol. The molecule has 0 bridgehead atoms. The maximum Gasteiger partial charge on any atom is 0.179 e. The van der Waals surface area contributed by atoms with Crippen LogP contribution in [-0.2, 0) is 6.42 Å². The Labute approximate surface area is 190 Å². The predicted molar refractivity (Wildman–Crippen MR) is 125 cm³/mol. The van der Waals surface area contributed by atoms with Gasteiger partial charge in [-0.3, -0.25) is 4.99 Å². The molecule has 0 amide bonds. The fraction of sp³-hybridized carbons (Fsp3) is 0.519. The average Bonchev–Trinajstić information content (AvgIpc) is 3.15. The molecule has 2 aromatic rings. The van der Waals surface area contributed by atoms with Gasteiger partial charge >= 0.3 is 0 Å². The lowest BCUT2D eigenvalue weighted by Crippen LogP contribution is -2.42. The number of phenols is 1. The molecule has 2 saturated carbocycles. The summed E-state index contributed by atoms with van der Waals surface area (Å²) in [5.74, 6) is 4.40. The van der Waals surface area contributed by atoms with Crippen LogP contribution in [0, 0.1) is 17.3 Å². The summed E-state index contributed by atoms with van der Waals surface area (Å²) in [6.45, 7) is 2.80. The molecule has 0 saturated heterocycles. The summed E-state index contributed by atoms with van der Waals surface area (Å²) in [6, 6.07) is 11.7. The molecule has 5 heteroatoms. The minimum absolute atomic E-state index is 0.170. The van der Waals surface area contributed by atoms with Gasteiger partial charge in [-0.1, -0.05) is 6.92 Å². The van der Waals surface area contributed by atoms with Crippen molar-refractivity contribution < 1.29 is 19.3 Å². The fourth-order valence-corrected chi connectivity index (χ4v) is 6.66. The lowest BCUT2D eigenvalue weighted by molar-refractivity contribution is 0.0950. The van der Waals surface area contributed by atoms with E-state index in [2.05, 4.69) is 13.0 Å². The van der Waals surface area contributed by atoms with E-state index in [-0.39, 0.29) is 11.2 Å². The van der Waals surface area contributed by atoms with Crippen molar-refractivity contribution in [3.8, 4) is 23.0 Å². The van der Waals surface area contributed by atoms with Crippen LogP contribution in [0.15, 0.2) is 41.4 Å². The summed E-state index contributed by atoms with van der Waals surface area (Å²) in [6.07, 6.45) is 6.83. The Kier molecular flexibility index (Phi) is 5.52. The summed E-state index contributed by atoms with van der Waals surface area (Å²) in [4.78, 5) is 4.95. The zero-order valence-corrected chi connectivity index (χ0v) is 19.3. The molecule has 170 valence electrons. The molecule has 2 aromatic carbocycles. The van der Waals surface area contributed by atoms with Gasteiger partial charge in [0, 0.05) is 11.1 Å². The highest BCUT2D eigenvalue weighted by Gasteiger charge is 2.53. The molecule has 4 atom stereocenters. The molecular formula is C27H33NO4. The zero-order chi connectivity index (χ0) is 22.3. The van der Waals surface area contributed by atoms with Gasteiger partial charge in [-0.15, -0.1) is 0 Å². The lowest BCUT2D eigenvalue weighted by atomic mass is 9.55. The first-order chi connectivity index (χ1) is 15.5. The Bertz CT molecular complexity index is 1020. The van der Waals surface area contributed by atoms with Crippen LogP contribution in [0.4, 0.5) is 0 Å². The van der Waals surface area contributed by atoms with E-state index < -0.39 is 0 Å². The number of ether oxygens (including phenoxy) is 3. The third kappa shape index (κ3) is 3.52. The molecule has 0 unspecified atom stereocenters. The number of rotatable bonds is 5. The summed E-state index contributed by atoms with van der Waals surface area (Å²) in [5.41, 5.74) is 4.20. The van der Waals surface area contributed by atoms with Crippen molar-refractivity contribution in [1.82, 2.24) is 0 Å². The van der Waals surface area contributed by atoms with Gasteiger partial charge in [-0.05, 0) is 104 Å². The second kappa shape index (κ2) is 8.34. The highest BCUT2D eigenvalue weighted by molar-refractivity contribution is 5.92. The maximum absolute atomic E-state index is 10.2. The van der Waals surface area contributed by atoms with E-state index >= 15 is 0 Å². The van der Waals surface area contributed by atoms with Gasteiger partial charge in [0.15, 0.2) is 18.2 Å². The topological polar surface area (TPSA) is 60.3 Å². The minimum atomic E-state index is 0.170. The maximum atomic E-state index is 10.2. The van der Waals surface area contributed by atoms with Gasteiger partial charge in [0.25, 0.3) is 0 Å². The number of aliphatic imine (C=N–C) groups is 1. The molecule has 0 spiro atoms. The molecule has 0 heterocycles. The van der Waals surface area contributed by atoms with E-state index in [9.17, 15) is 5.11 Å². The highest BCUT2D eigenvalue weighted by Crippen LogP contribution is 2.60. The van der Waals surface area contributed by atoms with Crippen LogP contribution in [0.2, 0.25) is 0 Å². The molecule has 1 N–H and O–H groups in total. The second-order valence-corrected chi connectivity index (χ2v) is 9.69. The molecule has 3 aliphatic carbocycles. The van der Waals surface area contributed by atoms with E-state index in [0.29, 0.717) is 30.2 Å². The molecule has 0 radical (unpaired) electrons. The largest absolute Gasteiger partial charge is 0.504 e. The summed E-state index contributed by atoms with van der Waals surface area (Å²) in [5, 5.41) is 10.2. The summed E-state index contributed by atoms with van der Waals surface area (Å²) in [7, 11) is 3.30. The quantitative estimate of drug-likeness (QED) is 0.650. The van der Waals surface area contributed by atoms with Crippen LogP contribution in [0.1, 0.15) is 56.1 Å². The number of aryl methyl sites for hydroxylation is 1. The fourth-order valence-electron chi connectivity index (χ4n) is 6.66. The van der Waals surface area contributed by atoms with Gasteiger partial charge < -0.3 is 19.3 Å². The molecular weight excluding hydrogens is 402 g/mol. The highest BCUT2D eigenvalue weighted by atomic mass is 16.5. The SMILES string of the molecule is COc1ccc(OC/N=C2\CC[C@H]3[C@@H]4CCc5cc(O)c(OC)cc5[C@H]4CC[C@]23C)cc1. The Balaban J connectivity index is 1.32. The zero-order valence-electron chi connectivity index (χ0n) is 19.3. The van der Waals surface area contributed by atoms with Gasteiger partial charge in [0.1, 0.15) is 11.5 Å². The number of hydrogen-bond donors (Lipinski definition) is 1. The van der Waals surface area contributed by atoms with Crippen LogP contribution in [0.25, 0.3) is 0 Å². The monoisotopic (exact) mass is 435 g/mol.